The average molecular weight is 318 g/mol. The molecule has 0 heterocycles. The number of hydrogen-bond acceptors (Lipinski definition) is 7. The smallest absolute Gasteiger partial charge is 0.306 e. The Labute approximate surface area is 128 Å². The van der Waals surface area contributed by atoms with Gasteiger partial charge in [0.15, 0.2) is 0 Å². The molecule has 0 spiro atoms. The molecule has 0 aromatic heterocycles. The lowest BCUT2D eigenvalue weighted by molar-refractivity contribution is 0.213. The lowest BCUT2D eigenvalue weighted by Crippen LogP contribution is -1.89. The van der Waals surface area contributed by atoms with Crippen molar-refractivity contribution in [1.29, 1.82) is 11.1 Å². The van der Waals surface area contributed by atoms with Crippen molar-refractivity contribution in [2.24, 2.45) is 10.2 Å². The lowest BCUT2D eigenvalue weighted by atomic mass is 10.2. The normalized spacial score (nSPS) is 11.8. The van der Waals surface area contributed by atoms with Crippen LogP contribution in [0.25, 0.3) is 0 Å². The van der Waals surface area contributed by atoms with Crippen LogP contribution >= 0.6 is 8.25 Å². The van der Waals surface area contributed by atoms with Gasteiger partial charge in [-0.1, -0.05) is 24.3 Å². The van der Waals surface area contributed by atoms with Crippen LogP contribution < -0.4 is 0 Å². The number of nitrogens with one attached hydrogen (secondary N) is 2. The molecule has 22 heavy (non-hydrogen) atoms. The molecule has 0 saturated heterocycles. The standard InChI is InChI=1S/C14H15N4O3P/c15-17-13-5-1-11(2-6-13)9-20-22(19)21-10-12-3-7-14(18-16)8-4-12/h1-8,15-16,22H,9-10H2. The van der Waals surface area contributed by atoms with E-state index in [0.29, 0.717) is 11.4 Å². The fraction of sp³-hybridized carbons (Fsp3) is 0.143. The van der Waals surface area contributed by atoms with Crippen LogP contribution in [0.4, 0.5) is 11.4 Å². The summed E-state index contributed by atoms with van der Waals surface area (Å²) in [6.45, 7) is 0.347. The summed E-state index contributed by atoms with van der Waals surface area (Å²) in [7, 11) is -2.59. The first-order chi connectivity index (χ1) is 10.7. The minimum atomic E-state index is -2.59. The quantitative estimate of drug-likeness (QED) is 0.520. The van der Waals surface area contributed by atoms with E-state index in [1.54, 1.807) is 48.5 Å². The van der Waals surface area contributed by atoms with Crippen LogP contribution in [0, 0.1) is 11.1 Å². The van der Waals surface area contributed by atoms with E-state index >= 15 is 0 Å². The largest absolute Gasteiger partial charge is 0.319 e. The van der Waals surface area contributed by atoms with Gasteiger partial charge in [0.2, 0.25) is 0 Å². The van der Waals surface area contributed by atoms with Crippen LogP contribution in [0.15, 0.2) is 58.8 Å². The second kappa shape index (κ2) is 8.29. The molecule has 2 aromatic carbocycles. The SMILES string of the molecule is N=Nc1ccc(CO[PH](=O)OCc2ccc(N=N)cc2)cc1. The van der Waals surface area contributed by atoms with E-state index < -0.39 is 8.25 Å². The fourth-order valence-electron chi connectivity index (χ4n) is 1.66. The highest BCUT2D eigenvalue weighted by Gasteiger charge is 2.03. The van der Waals surface area contributed by atoms with Gasteiger partial charge in [-0.3, -0.25) is 4.57 Å². The van der Waals surface area contributed by atoms with Gasteiger partial charge in [0.1, 0.15) is 0 Å². The Hall–Kier alpha value is -2.21. The van der Waals surface area contributed by atoms with Crippen LogP contribution in [0.1, 0.15) is 11.1 Å². The van der Waals surface area contributed by atoms with Crippen molar-refractivity contribution in [3.63, 3.8) is 0 Å². The molecule has 0 amide bonds. The van der Waals surface area contributed by atoms with Crippen molar-refractivity contribution in [3.05, 3.63) is 59.7 Å². The minimum Gasteiger partial charge on any atom is -0.306 e. The van der Waals surface area contributed by atoms with Crippen LogP contribution in [0.2, 0.25) is 0 Å². The highest BCUT2D eigenvalue weighted by molar-refractivity contribution is 7.33. The zero-order valence-electron chi connectivity index (χ0n) is 11.7. The summed E-state index contributed by atoms with van der Waals surface area (Å²) >= 11 is 0. The first-order valence-electron chi connectivity index (χ1n) is 6.43. The summed E-state index contributed by atoms with van der Waals surface area (Å²) < 4.78 is 22.0. The van der Waals surface area contributed by atoms with Crippen molar-refractivity contribution in [2.75, 3.05) is 0 Å². The molecule has 0 aliphatic carbocycles. The van der Waals surface area contributed by atoms with Crippen molar-refractivity contribution in [1.82, 2.24) is 0 Å². The Morgan fingerprint density at radius 3 is 1.45 bits per heavy atom. The van der Waals surface area contributed by atoms with Crippen molar-refractivity contribution in [2.45, 2.75) is 13.2 Å². The average Bonchev–Trinajstić information content (AvgIpc) is 2.59. The molecule has 114 valence electrons. The van der Waals surface area contributed by atoms with Crippen molar-refractivity contribution >= 4 is 19.6 Å². The van der Waals surface area contributed by atoms with Gasteiger partial charge in [0, 0.05) is 0 Å². The summed E-state index contributed by atoms with van der Waals surface area (Å²) in [4.78, 5) is 0. The molecule has 0 bridgehead atoms. The Balaban J connectivity index is 1.77. The first-order valence-corrected chi connectivity index (χ1v) is 7.66. The van der Waals surface area contributed by atoms with E-state index in [4.69, 9.17) is 20.1 Å². The Bertz CT molecular complexity index is 601. The third kappa shape index (κ3) is 4.96. The molecular formula is C14H15N4O3P. The number of rotatable bonds is 8. The van der Waals surface area contributed by atoms with Crippen LogP contribution in [-0.4, -0.2) is 0 Å². The maximum absolute atomic E-state index is 11.7. The summed E-state index contributed by atoms with van der Waals surface area (Å²) in [6, 6.07) is 13.8. The zero-order chi connectivity index (χ0) is 15.8. The summed E-state index contributed by atoms with van der Waals surface area (Å²) in [5, 5.41) is 6.59. The van der Waals surface area contributed by atoms with Gasteiger partial charge in [-0.05, 0) is 35.4 Å². The Morgan fingerprint density at radius 2 is 1.14 bits per heavy atom. The molecule has 8 heteroatoms. The van der Waals surface area contributed by atoms with Gasteiger partial charge >= 0.3 is 8.25 Å². The molecule has 0 aliphatic heterocycles. The monoisotopic (exact) mass is 318 g/mol. The van der Waals surface area contributed by atoms with E-state index in [2.05, 4.69) is 10.2 Å². The molecule has 2 aromatic rings. The molecule has 2 rings (SSSR count). The summed E-state index contributed by atoms with van der Waals surface area (Å²) in [6.07, 6.45) is 0. The fourth-order valence-corrected chi connectivity index (χ4v) is 2.31. The predicted octanol–water partition coefficient (Wildman–Crippen LogP) is 5.13. The van der Waals surface area contributed by atoms with Crippen LogP contribution in [0.5, 0.6) is 0 Å². The number of benzene rings is 2. The summed E-state index contributed by atoms with van der Waals surface area (Å²) in [5.41, 5.74) is 16.5. The predicted molar refractivity (Wildman–Crippen MR) is 81.1 cm³/mol. The van der Waals surface area contributed by atoms with E-state index in [-0.39, 0.29) is 13.2 Å². The first kappa shape index (κ1) is 16.2. The number of hydrogen-bond donors (Lipinski definition) is 2. The highest BCUT2D eigenvalue weighted by Crippen LogP contribution is 2.28. The molecule has 0 aliphatic rings. The molecule has 7 nitrogen and oxygen atoms in total. The topological polar surface area (TPSA) is 108 Å². The van der Waals surface area contributed by atoms with Gasteiger partial charge in [0.05, 0.1) is 24.6 Å². The molecule has 0 unspecified atom stereocenters. The van der Waals surface area contributed by atoms with E-state index in [1.165, 1.54) is 0 Å². The molecule has 0 radical (unpaired) electrons. The van der Waals surface area contributed by atoms with Gasteiger partial charge in [-0.15, -0.1) is 0 Å². The van der Waals surface area contributed by atoms with Crippen LogP contribution in [-0.2, 0) is 26.8 Å². The lowest BCUT2D eigenvalue weighted by Gasteiger charge is -2.06. The molecular weight excluding hydrogens is 303 g/mol. The maximum Gasteiger partial charge on any atom is 0.319 e. The summed E-state index contributed by atoms with van der Waals surface area (Å²) in [5.74, 6) is 0. The molecule has 0 atom stereocenters. The maximum atomic E-state index is 11.7. The Morgan fingerprint density at radius 1 is 0.773 bits per heavy atom. The van der Waals surface area contributed by atoms with Gasteiger partial charge < -0.3 is 9.05 Å². The van der Waals surface area contributed by atoms with Gasteiger partial charge in [-0.2, -0.15) is 10.2 Å². The van der Waals surface area contributed by atoms with Gasteiger partial charge in [-0.25, -0.2) is 11.1 Å². The second-order valence-electron chi connectivity index (χ2n) is 4.38. The highest BCUT2D eigenvalue weighted by atomic mass is 31.1. The minimum absolute atomic E-state index is 0.173. The number of nitrogens with zero attached hydrogens (tertiary/aromatic N) is 2. The second-order valence-corrected chi connectivity index (χ2v) is 5.46. The van der Waals surface area contributed by atoms with Crippen molar-refractivity contribution in [3.8, 4) is 0 Å². The molecule has 2 N–H and O–H groups in total. The molecule has 0 saturated carbocycles. The van der Waals surface area contributed by atoms with Gasteiger partial charge in [0.25, 0.3) is 0 Å². The Kier molecular flexibility index (Phi) is 6.09. The van der Waals surface area contributed by atoms with E-state index in [9.17, 15) is 4.57 Å². The zero-order valence-corrected chi connectivity index (χ0v) is 12.7. The van der Waals surface area contributed by atoms with E-state index in [1.807, 2.05) is 0 Å². The van der Waals surface area contributed by atoms with Crippen molar-refractivity contribution < 1.29 is 13.6 Å². The third-order valence-electron chi connectivity index (χ3n) is 2.84. The third-order valence-corrected chi connectivity index (χ3v) is 3.60. The molecule has 0 fully saturated rings. The van der Waals surface area contributed by atoms with E-state index in [0.717, 1.165) is 11.1 Å². The van der Waals surface area contributed by atoms with Crippen LogP contribution in [0.3, 0.4) is 0 Å².